The summed E-state index contributed by atoms with van der Waals surface area (Å²) in [6, 6.07) is 0. The maximum Gasteiger partial charge on any atom is 0.321 e. The smallest absolute Gasteiger partial charge is 0.321 e. The first-order valence-corrected chi connectivity index (χ1v) is 9.43. The predicted molar refractivity (Wildman–Crippen MR) is 87.0 cm³/mol. The van der Waals surface area contributed by atoms with Gasteiger partial charge in [0.1, 0.15) is 24.1 Å². The standard InChI is InChI=1S/C12H13FN5O5PS/c1-2-12(13)8(19)6(3-22-24(20,21)25)23-11(12)18-5-17-7-9(14)15-4-16-10(7)18/h1,4-6,8,11,19H,3H2,(H2,14,15,16)(H2,20,21,25)/t6-,8-,11-,12-/m1/s1. The zero-order valence-corrected chi connectivity index (χ0v) is 14.1. The summed E-state index contributed by atoms with van der Waals surface area (Å²) < 4.78 is 26.5. The Bertz CT molecular complexity index is 900. The van der Waals surface area contributed by atoms with Gasteiger partial charge in [-0.1, -0.05) is 5.92 Å². The van der Waals surface area contributed by atoms with Crippen molar-refractivity contribution in [3.63, 3.8) is 0 Å². The topological polar surface area (TPSA) is 149 Å². The molecule has 1 aliphatic rings. The Morgan fingerprint density at radius 1 is 1.52 bits per heavy atom. The van der Waals surface area contributed by atoms with Crippen molar-refractivity contribution < 1.29 is 28.5 Å². The van der Waals surface area contributed by atoms with Gasteiger partial charge in [-0.2, -0.15) is 0 Å². The van der Waals surface area contributed by atoms with Gasteiger partial charge in [0.15, 0.2) is 17.7 Å². The fraction of sp³-hybridized carbons (Fsp3) is 0.417. The molecule has 0 aromatic carbocycles. The maximum absolute atomic E-state index is 15.2. The molecule has 5 N–H and O–H groups in total. The number of nitrogens with two attached hydrogens (primary N) is 1. The van der Waals surface area contributed by atoms with Crippen LogP contribution in [0.5, 0.6) is 0 Å². The van der Waals surface area contributed by atoms with Crippen LogP contribution in [0.15, 0.2) is 12.7 Å². The average Bonchev–Trinajstić information content (AvgIpc) is 3.07. The highest BCUT2D eigenvalue weighted by molar-refractivity contribution is 8.06. The summed E-state index contributed by atoms with van der Waals surface area (Å²) >= 11 is 4.31. The van der Waals surface area contributed by atoms with Crippen LogP contribution in [0.2, 0.25) is 0 Å². The molecule has 1 saturated heterocycles. The van der Waals surface area contributed by atoms with E-state index in [4.69, 9.17) is 26.7 Å². The Morgan fingerprint density at radius 3 is 2.88 bits per heavy atom. The van der Waals surface area contributed by atoms with Crippen molar-refractivity contribution in [3.05, 3.63) is 12.7 Å². The number of fused-ring (bicyclic) bond motifs is 1. The van der Waals surface area contributed by atoms with Gasteiger partial charge in [-0.05, 0) is 11.8 Å². The number of ether oxygens (including phenoxy) is 1. The SMILES string of the molecule is C#C[C@@]1(F)[C@H](O)[C@@H](COP(O)(O)=S)O[C@H]1n1cnc2c(N)ncnc21. The fourth-order valence-electron chi connectivity index (χ4n) is 2.52. The average molecular weight is 389 g/mol. The van der Waals surface area contributed by atoms with Gasteiger partial charge in [0.2, 0.25) is 5.67 Å². The molecule has 3 heterocycles. The molecule has 2 aromatic rings. The predicted octanol–water partition coefficient (Wildman–Crippen LogP) is -0.766. The number of aliphatic hydroxyl groups is 1. The van der Waals surface area contributed by atoms with Gasteiger partial charge >= 0.3 is 6.72 Å². The van der Waals surface area contributed by atoms with Crippen LogP contribution in [0, 0.1) is 12.3 Å². The lowest BCUT2D eigenvalue weighted by molar-refractivity contribution is -0.0478. The number of hydrogen-bond acceptors (Lipinski definition) is 8. The van der Waals surface area contributed by atoms with Crippen molar-refractivity contribution in [3.8, 4) is 12.3 Å². The van der Waals surface area contributed by atoms with Gasteiger partial charge in [0.25, 0.3) is 0 Å². The number of nitrogen functional groups attached to an aromatic ring is 1. The number of rotatable bonds is 4. The lowest BCUT2D eigenvalue weighted by atomic mass is 9.97. The first kappa shape index (κ1) is 18.1. The number of aromatic nitrogens is 4. The molecule has 2 aromatic heterocycles. The minimum atomic E-state index is -4.01. The third-order valence-corrected chi connectivity index (χ3v) is 4.52. The number of anilines is 1. The number of alkyl halides is 1. The van der Waals surface area contributed by atoms with Gasteiger partial charge in [-0.3, -0.25) is 4.57 Å². The van der Waals surface area contributed by atoms with Crippen molar-refractivity contribution in [1.82, 2.24) is 19.5 Å². The van der Waals surface area contributed by atoms with Crippen molar-refractivity contribution in [2.24, 2.45) is 0 Å². The van der Waals surface area contributed by atoms with Crippen LogP contribution in [-0.2, 0) is 21.1 Å². The second kappa shape index (κ2) is 6.22. The summed E-state index contributed by atoms with van der Waals surface area (Å²) in [7, 11) is 0. The van der Waals surface area contributed by atoms with E-state index in [2.05, 4.69) is 31.3 Å². The lowest BCUT2D eigenvalue weighted by Crippen LogP contribution is -2.42. The van der Waals surface area contributed by atoms with E-state index in [0.717, 1.165) is 6.33 Å². The van der Waals surface area contributed by atoms with Crippen molar-refractivity contribution >= 4 is 35.5 Å². The molecule has 134 valence electrons. The summed E-state index contributed by atoms with van der Waals surface area (Å²) in [5, 5.41) is 10.2. The molecule has 0 radical (unpaired) electrons. The summed E-state index contributed by atoms with van der Waals surface area (Å²) in [5.41, 5.74) is 3.39. The van der Waals surface area contributed by atoms with Crippen LogP contribution in [0.4, 0.5) is 10.2 Å². The number of nitrogens with zero attached hydrogens (tertiary/aromatic N) is 4. The number of aliphatic hydroxyl groups excluding tert-OH is 1. The minimum Gasteiger partial charge on any atom is -0.386 e. The normalized spacial score (nSPS) is 29.8. The van der Waals surface area contributed by atoms with Gasteiger partial charge in [0, 0.05) is 0 Å². The first-order chi connectivity index (χ1) is 11.7. The molecule has 0 spiro atoms. The molecular weight excluding hydrogens is 376 g/mol. The first-order valence-electron chi connectivity index (χ1n) is 6.80. The second-order valence-electron chi connectivity index (χ2n) is 5.25. The molecule has 10 nitrogen and oxygen atoms in total. The van der Waals surface area contributed by atoms with E-state index in [1.54, 1.807) is 0 Å². The molecule has 0 unspecified atom stereocenters. The molecule has 4 atom stereocenters. The van der Waals surface area contributed by atoms with E-state index >= 15 is 4.39 Å². The quantitative estimate of drug-likeness (QED) is 0.388. The van der Waals surface area contributed by atoms with Gasteiger partial charge in [-0.15, -0.1) is 6.42 Å². The molecule has 1 aliphatic heterocycles. The molecule has 3 rings (SSSR count). The molecule has 13 heteroatoms. The van der Waals surface area contributed by atoms with Crippen LogP contribution in [-0.4, -0.2) is 58.9 Å². The highest BCUT2D eigenvalue weighted by Crippen LogP contribution is 2.44. The molecule has 0 saturated carbocycles. The molecule has 0 aliphatic carbocycles. The van der Waals surface area contributed by atoms with Crippen molar-refractivity contribution in [2.75, 3.05) is 12.3 Å². The Kier molecular flexibility index (Phi) is 4.50. The van der Waals surface area contributed by atoms with Crippen molar-refractivity contribution in [1.29, 1.82) is 0 Å². The van der Waals surface area contributed by atoms with Gasteiger partial charge in [-0.25, -0.2) is 19.3 Å². The second-order valence-corrected chi connectivity index (χ2v) is 7.92. The Hall–Kier alpha value is -1.71. The Morgan fingerprint density at radius 2 is 2.24 bits per heavy atom. The number of imidazole rings is 1. The van der Waals surface area contributed by atoms with Crippen LogP contribution in [0.1, 0.15) is 6.23 Å². The van der Waals surface area contributed by atoms with Crippen LogP contribution in [0.25, 0.3) is 11.2 Å². The summed E-state index contributed by atoms with van der Waals surface area (Å²) in [6.07, 6.45) is 3.00. The molecule has 0 bridgehead atoms. The highest BCUT2D eigenvalue weighted by atomic mass is 32.5. The molecule has 0 amide bonds. The monoisotopic (exact) mass is 389 g/mol. The number of hydrogen-bond donors (Lipinski definition) is 4. The summed E-state index contributed by atoms with van der Waals surface area (Å²) in [5.74, 6) is 1.95. The molecular formula is C12H13FN5O5PS. The summed E-state index contributed by atoms with van der Waals surface area (Å²) in [4.78, 5) is 30.0. The van der Waals surface area contributed by atoms with Crippen LogP contribution >= 0.6 is 6.72 Å². The number of halogens is 1. The minimum absolute atomic E-state index is 0.0774. The zero-order valence-electron chi connectivity index (χ0n) is 12.4. The summed E-state index contributed by atoms with van der Waals surface area (Å²) in [6.45, 7) is -4.58. The van der Waals surface area contributed by atoms with Gasteiger partial charge < -0.3 is 29.9 Å². The van der Waals surface area contributed by atoms with E-state index < -0.39 is 37.4 Å². The largest absolute Gasteiger partial charge is 0.386 e. The van der Waals surface area contributed by atoms with E-state index in [1.807, 2.05) is 5.92 Å². The van der Waals surface area contributed by atoms with Crippen molar-refractivity contribution in [2.45, 2.75) is 24.1 Å². The molecule has 25 heavy (non-hydrogen) atoms. The number of terminal acetylenes is 1. The highest BCUT2D eigenvalue weighted by Gasteiger charge is 2.58. The third kappa shape index (κ3) is 3.11. The zero-order chi connectivity index (χ0) is 18.4. The fourth-order valence-corrected chi connectivity index (χ4v) is 3.05. The van der Waals surface area contributed by atoms with Crippen LogP contribution in [0.3, 0.4) is 0 Å². The van der Waals surface area contributed by atoms with E-state index in [0.29, 0.717) is 0 Å². The lowest BCUT2D eigenvalue weighted by Gasteiger charge is -2.23. The third-order valence-electron chi connectivity index (χ3n) is 3.71. The van der Waals surface area contributed by atoms with E-state index in [9.17, 15) is 5.11 Å². The van der Waals surface area contributed by atoms with Gasteiger partial charge in [0.05, 0.1) is 12.9 Å². The van der Waals surface area contributed by atoms with E-state index in [-0.39, 0.29) is 17.0 Å². The van der Waals surface area contributed by atoms with Crippen LogP contribution < -0.4 is 5.73 Å². The Labute approximate surface area is 145 Å². The maximum atomic E-state index is 15.2. The van der Waals surface area contributed by atoms with E-state index in [1.165, 1.54) is 10.9 Å². The Balaban J connectivity index is 1.98. The molecule has 1 fully saturated rings.